The van der Waals surface area contributed by atoms with Crippen LogP contribution in [0, 0.1) is 5.82 Å². The number of nitrogens with zero attached hydrogens (tertiary/aromatic N) is 2. The van der Waals surface area contributed by atoms with E-state index in [0.717, 1.165) is 9.78 Å². The standard InChI is InChI=1S/C17H16FN3O3S/c1-20-10-15(23)21(17(20)24)9-14(22)19-16(13-3-2-8-25-13)11-4-6-12(18)7-5-11/h2-8,16H,9-10H2,1H3,(H,19,22)/t16-/m0/s1. The molecule has 0 unspecified atom stereocenters. The molecule has 0 radical (unpaired) electrons. The number of nitrogens with one attached hydrogen (secondary N) is 1. The Morgan fingerprint density at radius 2 is 2.00 bits per heavy atom. The average Bonchev–Trinajstić information content (AvgIpc) is 3.19. The van der Waals surface area contributed by atoms with E-state index >= 15 is 0 Å². The predicted octanol–water partition coefficient (Wildman–Crippen LogP) is 1.99. The van der Waals surface area contributed by atoms with Gasteiger partial charge in [-0.2, -0.15) is 0 Å². The lowest BCUT2D eigenvalue weighted by atomic mass is 10.1. The van der Waals surface area contributed by atoms with Crippen LogP contribution >= 0.6 is 11.3 Å². The molecule has 1 saturated heterocycles. The molecule has 1 N–H and O–H groups in total. The van der Waals surface area contributed by atoms with Gasteiger partial charge in [-0.3, -0.25) is 14.5 Å². The van der Waals surface area contributed by atoms with E-state index in [1.165, 1.54) is 35.4 Å². The zero-order valence-electron chi connectivity index (χ0n) is 13.4. The molecular weight excluding hydrogens is 345 g/mol. The van der Waals surface area contributed by atoms with Crippen LogP contribution in [-0.4, -0.2) is 47.8 Å². The highest BCUT2D eigenvalue weighted by molar-refractivity contribution is 7.10. The summed E-state index contributed by atoms with van der Waals surface area (Å²) in [5.41, 5.74) is 0.716. The van der Waals surface area contributed by atoms with Gasteiger partial charge in [-0.25, -0.2) is 9.18 Å². The molecule has 6 nitrogen and oxygen atoms in total. The first-order valence-corrected chi connectivity index (χ1v) is 8.47. The summed E-state index contributed by atoms with van der Waals surface area (Å²) in [6, 6.07) is 8.59. The SMILES string of the molecule is CN1CC(=O)N(CC(=O)N[C@@H](c2ccc(F)cc2)c2cccs2)C1=O. The van der Waals surface area contributed by atoms with Crippen molar-refractivity contribution in [3.05, 3.63) is 58.0 Å². The summed E-state index contributed by atoms with van der Waals surface area (Å²) in [6.45, 7) is -0.372. The van der Waals surface area contributed by atoms with E-state index < -0.39 is 23.9 Å². The maximum atomic E-state index is 13.2. The van der Waals surface area contributed by atoms with Crippen molar-refractivity contribution in [2.24, 2.45) is 0 Å². The number of benzene rings is 1. The molecule has 0 saturated carbocycles. The first kappa shape index (κ1) is 17.1. The molecule has 3 rings (SSSR count). The molecule has 1 aliphatic rings. The zero-order valence-corrected chi connectivity index (χ0v) is 14.3. The molecule has 1 aromatic carbocycles. The molecule has 2 aromatic rings. The minimum Gasteiger partial charge on any atom is -0.343 e. The third kappa shape index (κ3) is 3.69. The van der Waals surface area contributed by atoms with Crippen molar-refractivity contribution >= 4 is 29.2 Å². The van der Waals surface area contributed by atoms with E-state index in [2.05, 4.69) is 5.32 Å². The lowest BCUT2D eigenvalue weighted by Gasteiger charge is -2.20. The Balaban J connectivity index is 1.76. The first-order chi connectivity index (χ1) is 12.0. The zero-order chi connectivity index (χ0) is 18.0. The van der Waals surface area contributed by atoms with Crippen molar-refractivity contribution in [2.75, 3.05) is 20.1 Å². The van der Waals surface area contributed by atoms with Crippen molar-refractivity contribution < 1.29 is 18.8 Å². The molecule has 1 fully saturated rings. The van der Waals surface area contributed by atoms with Crippen molar-refractivity contribution in [1.82, 2.24) is 15.1 Å². The van der Waals surface area contributed by atoms with Gasteiger partial charge in [-0.1, -0.05) is 18.2 Å². The topological polar surface area (TPSA) is 69.7 Å². The number of carbonyl (C=O) groups excluding carboxylic acids is 3. The van der Waals surface area contributed by atoms with Crippen molar-refractivity contribution in [3.63, 3.8) is 0 Å². The average molecular weight is 361 g/mol. The molecular formula is C17H16FN3O3S. The van der Waals surface area contributed by atoms with Gasteiger partial charge in [0, 0.05) is 11.9 Å². The second-order valence-electron chi connectivity index (χ2n) is 5.69. The summed E-state index contributed by atoms with van der Waals surface area (Å²) < 4.78 is 13.2. The summed E-state index contributed by atoms with van der Waals surface area (Å²) >= 11 is 1.45. The summed E-state index contributed by atoms with van der Waals surface area (Å²) in [5.74, 6) is -1.23. The second-order valence-corrected chi connectivity index (χ2v) is 6.67. The fourth-order valence-corrected chi connectivity index (χ4v) is 3.41. The molecule has 2 heterocycles. The van der Waals surface area contributed by atoms with Crippen LogP contribution in [-0.2, 0) is 9.59 Å². The minimum atomic E-state index is -0.491. The minimum absolute atomic E-state index is 0.0293. The number of carbonyl (C=O) groups is 3. The Hall–Kier alpha value is -2.74. The van der Waals surface area contributed by atoms with Gasteiger partial charge in [0.1, 0.15) is 18.9 Å². The van der Waals surface area contributed by atoms with Crippen LogP contribution in [0.25, 0.3) is 0 Å². The third-order valence-corrected chi connectivity index (χ3v) is 4.81. The number of hydrogen-bond acceptors (Lipinski definition) is 4. The Morgan fingerprint density at radius 3 is 2.56 bits per heavy atom. The Kier molecular flexibility index (Phi) is 4.80. The summed E-state index contributed by atoms with van der Waals surface area (Å²) in [6.07, 6.45) is 0. The van der Waals surface area contributed by atoms with Crippen molar-refractivity contribution in [3.8, 4) is 0 Å². The van der Waals surface area contributed by atoms with Gasteiger partial charge < -0.3 is 10.2 Å². The maximum absolute atomic E-state index is 13.2. The molecule has 8 heteroatoms. The normalized spacial score (nSPS) is 15.6. The van der Waals surface area contributed by atoms with E-state index in [1.54, 1.807) is 12.1 Å². The van der Waals surface area contributed by atoms with E-state index in [-0.39, 0.29) is 18.9 Å². The van der Waals surface area contributed by atoms with Crippen LogP contribution in [0.3, 0.4) is 0 Å². The number of halogens is 1. The molecule has 25 heavy (non-hydrogen) atoms. The van der Waals surface area contributed by atoms with E-state index in [1.807, 2.05) is 17.5 Å². The van der Waals surface area contributed by atoms with Crippen LogP contribution < -0.4 is 5.32 Å². The molecule has 1 aromatic heterocycles. The second kappa shape index (κ2) is 7.02. The van der Waals surface area contributed by atoms with Gasteiger partial charge in [-0.15, -0.1) is 11.3 Å². The third-order valence-electron chi connectivity index (χ3n) is 3.87. The number of imide groups is 1. The number of likely N-dealkylation sites (N-methyl/N-ethyl adjacent to an activating group) is 1. The number of amides is 4. The van der Waals surface area contributed by atoms with Gasteiger partial charge in [0.25, 0.3) is 5.91 Å². The van der Waals surface area contributed by atoms with Gasteiger partial charge in [-0.05, 0) is 29.1 Å². The molecule has 0 bridgehead atoms. The first-order valence-electron chi connectivity index (χ1n) is 7.59. The largest absolute Gasteiger partial charge is 0.343 e. The number of urea groups is 1. The Labute approximate surface area is 147 Å². The van der Waals surface area contributed by atoms with Gasteiger partial charge >= 0.3 is 6.03 Å². The Bertz CT molecular complexity index is 792. The van der Waals surface area contributed by atoms with Crippen molar-refractivity contribution in [1.29, 1.82) is 0 Å². The van der Waals surface area contributed by atoms with E-state index in [4.69, 9.17) is 0 Å². The van der Waals surface area contributed by atoms with Crippen LogP contribution in [0.4, 0.5) is 9.18 Å². The highest BCUT2D eigenvalue weighted by Gasteiger charge is 2.35. The highest BCUT2D eigenvalue weighted by atomic mass is 32.1. The summed E-state index contributed by atoms with van der Waals surface area (Å²) in [4.78, 5) is 39.1. The Morgan fingerprint density at radius 1 is 1.28 bits per heavy atom. The van der Waals surface area contributed by atoms with Gasteiger partial charge in [0.05, 0.1) is 6.04 Å². The fraction of sp³-hybridized carbons (Fsp3) is 0.235. The van der Waals surface area contributed by atoms with Crippen LogP contribution in [0.15, 0.2) is 41.8 Å². The molecule has 0 spiro atoms. The quantitative estimate of drug-likeness (QED) is 0.828. The molecule has 1 aliphatic heterocycles. The monoisotopic (exact) mass is 361 g/mol. The van der Waals surface area contributed by atoms with Gasteiger partial charge in [0.15, 0.2) is 0 Å². The van der Waals surface area contributed by atoms with Gasteiger partial charge in [0.2, 0.25) is 5.91 Å². The highest BCUT2D eigenvalue weighted by Crippen LogP contribution is 2.26. The molecule has 130 valence electrons. The van der Waals surface area contributed by atoms with Crippen LogP contribution in [0.2, 0.25) is 0 Å². The van der Waals surface area contributed by atoms with Crippen LogP contribution in [0.5, 0.6) is 0 Å². The summed E-state index contributed by atoms with van der Waals surface area (Å²) in [5, 5.41) is 4.70. The molecule has 0 aliphatic carbocycles. The number of rotatable bonds is 5. The predicted molar refractivity (Wildman–Crippen MR) is 90.4 cm³/mol. The van der Waals surface area contributed by atoms with E-state index in [0.29, 0.717) is 5.56 Å². The lowest BCUT2D eigenvalue weighted by Crippen LogP contribution is -2.42. The van der Waals surface area contributed by atoms with Crippen LogP contribution in [0.1, 0.15) is 16.5 Å². The lowest BCUT2D eigenvalue weighted by molar-refractivity contribution is -0.130. The molecule has 1 atom stereocenters. The number of thiophene rings is 1. The maximum Gasteiger partial charge on any atom is 0.327 e. The summed E-state index contributed by atoms with van der Waals surface area (Å²) in [7, 11) is 1.51. The van der Waals surface area contributed by atoms with E-state index in [9.17, 15) is 18.8 Å². The smallest absolute Gasteiger partial charge is 0.327 e. The molecule has 4 amide bonds. The van der Waals surface area contributed by atoms with Crippen molar-refractivity contribution in [2.45, 2.75) is 6.04 Å². The number of hydrogen-bond donors (Lipinski definition) is 1. The fourth-order valence-electron chi connectivity index (χ4n) is 2.60.